The van der Waals surface area contributed by atoms with E-state index in [-0.39, 0.29) is 23.4 Å². The molecule has 1 aromatic heterocycles. The first-order chi connectivity index (χ1) is 13.4. The highest BCUT2D eigenvalue weighted by Crippen LogP contribution is 2.28. The molecular weight excluding hydrogens is 380 g/mol. The number of nitrogens with one attached hydrogen (secondary N) is 2. The number of ether oxygens (including phenoxy) is 1. The third kappa shape index (κ3) is 3.64. The van der Waals surface area contributed by atoms with E-state index in [0.29, 0.717) is 18.9 Å². The Morgan fingerprint density at radius 1 is 1.25 bits per heavy atom. The second-order valence-corrected chi connectivity index (χ2v) is 8.38. The minimum Gasteiger partial charge on any atom is -0.371 e. The highest BCUT2D eigenvalue weighted by molar-refractivity contribution is 7.89. The normalized spacial score (nSPS) is 16.7. The first-order valence-electron chi connectivity index (χ1n) is 8.85. The molecule has 9 heteroatoms. The van der Waals surface area contributed by atoms with E-state index >= 15 is 0 Å². The molecule has 0 saturated heterocycles. The lowest BCUT2D eigenvalue weighted by Crippen LogP contribution is -2.35. The molecule has 2 aromatic carbocycles. The molecular formula is C19H20N4O4S. The molecule has 1 amide bonds. The molecule has 0 radical (unpaired) electrons. The maximum absolute atomic E-state index is 12.5. The van der Waals surface area contributed by atoms with Crippen LogP contribution >= 0.6 is 0 Å². The number of anilines is 1. The van der Waals surface area contributed by atoms with Gasteiger partial charge in [-0.1, -0.05) is 18.2 Å². The van der Waals surface area contributed by atoms with E-state index in [1.54, 1.807) is 42.5 Å². The molecule has 0 bridgehead atoms. The van der Waals surface area contributed by atoms with E-state index < -0.39 is 10.0 Å². The Hall–Kier alpha value is -2.75. The third-order valence-electron chi connectivity index (χ3n) is 4.55. The summed E-state index contributed by atoms with van der Waals surface area (Å²) in [4.78, 5) is 16.1. The van der Waals surface area contributed by atoms with Crippen LogP contribution in [-0.2, 0) is 26.2 Å². The monoisotopic (exact) mass is 400 g/mol. The number of benzene rings is 2. The number of imidazole rings is 1. The predicted octanol–water partition coefficient (Wildman–Crippen LogP) is 2.04. The van der Waals surface area contributed by atoms with Crippen molar-refractivity contribution in [3.05, 3.63) is 54.4 Å². The van der Waals surface area contributed by atoms with Gasteiger partial charge in [0.25, 0.3) is 0 Å². The fourth-order valence-electron chi connectivity index (χ4n) is 3.34. The van der Waals surface area contributed by atoms with Crippen molar-refractivity contribution in [3.8, 4) is 0 Å². The number of carbonyl (C=O) groups excluding carboxylic acids is 1. The smallest absolute Gasteiger partial charge is 0.240 e. The summed E-state index contributed by atoms with van der Waals surface area (Å²) in [6, 6.07) is 13.5. The number of carbonyl (C=O) groups is 1. The summed E-state index contributed by atoms with van der Waals surface area (Å²) < 4.78 is 35.3. The predicted molar refractivity (Wildman–Crippen MR) is 104 cm³/mol. The van der Waals surface area contributed by atoms with Gasteiger partial charge in [-0.15, -0.1) is 0 Å². The van der Waals surface area contributed by atoms with Crippen LogP contribution in [0.1, 0.15) is 18.8 Å². The fourth-order valence-corrected chi connectivity index (χ4v) is 4.43. The van der Waals surface area contributed by atoms with Gasteiger partial charge >= 0.3 is 0 Å². The molecule has 2 N–H and O–H groups in total. The van der Waals surface area contributed by atoms with Crippen LogP contribution in [0.15, 0.2) is 53.4 Å². The molecule has 4 rings (SSSR count). The van der Waals surface area contributed by atoms with Crippen molar-refractivity contribution in [1.29, 1.82) is 0 Å². The molecule has 0 saturated carbocycles. The topological polar surface area (TPSA) is 102 Å². The van der Waals surface area contributed by atoms with E-state index in [1.807, 2.05) is 10.6 Å². The fraction of sp³-hybridized carbons (Fsp3) is 0.263. The van der Waals surface area contributed by atoms with Gasteiger partial charge < -0.3 is 14.6 Å². The van der Waals surface area contributed by atoms with E-state index in [2.05, 4.69) is 15.0 Å². The van der Waals surface area contributed by atoms with Crippen molar-refractivity contribution >= 4 is 32.7 Å². The molecule has 1 unspecified atom stereocenters. The first-order valence-corrected chi connectivity index (χ1v) is 10.3. The van der Waals surface area contributed by atoms with Gasteiger partial charge in [-0.3, -0.25) is 4.79 Å². The van der Waals surface area contributed by atoms with E-state index in [0.717, 1.165) is 16.9 Å². The molecule has 1 aliphatic heterocycles. The van der Waals surface area contributed by atoms with Crippen molar-refractivity contribution < 1.29 is 17.9 Å². The Bertz CT molecular complexity index is 1130. The molecule has 0 fully saturated rings. The molecule has 3 aromatic rings. The lowest BCUT2D eigenvalue weighted by Gasteiger charge is -2.26. The second kappa shape index (κ2) is 7.34. The molecule has 1 aliphatic rings. The van der Waals surface area contributed by atoms with Crippen LogP contribution in [0.2, 0.25) is 0 Å². The van der Waals surface area contributed by atoms with Gasteiger partial charge in [0, 0.05) is 19.2 Å². The zero-order chi connectivity index (χ0) is 19.7. The lowest BCUT2D eigenvalue weighted by atomic mass is 10.2. The molecule has 146 valence electrons. The van der Waals surface area contributed by atoms with Crippen molar-refractivity contribution in [2.45, 2.75) is 24.5 Å². The number of amides is 1. The minimum atomic E-state index is -3.61. The van der Waals surface area contributed by atoms with Crippen LogP contribution < -0.4 is 10.0 Å². The zero-order valence-electron chi connectivity index (χ0n) is 15.3. The van der Waals surface area contributed by atoms with Crippen LogP contribution in [0.5, 0.6) is 0 Å². The summed E-state index contributed by atoms with van der Waals surface area (Å²) in [5, 5.41) is 2.74. The number of aromatic nitrogens is 2. The van der Waals surface area contributed by atoms with Gasteiger partial charge in [0.05, 0.1) is 28.6 Å². The van der Waals surface area contributed by atoms with E-state index in [4.69, 9.17) is 4.74 Å². The number of fused-ring (bicyclic) bond motifs is 3. The maximum atomic E-state index is 12.5. The Morgan fingerprint density at radius 3 is 2.79 bits per heavy atom. The van der Waals surface area contributed by atoms with Crippen LogP contribution in [0, 0.1) is 0 Å². The molecule has 0 aliphatic carbocycles. The largest absolute Gasteiger partial charge is 0.371 e. The summed E-state index contributed by atoms with van der Waals surface area (Å²) in [5.41, 5.74) is 2.26. The van der Waals surface area contributed by atoms with Crippen LogP contribution in [0.4, 0.5) is 5.69 Å². The van der Waals surface area contributed by atoms with Crippen molar-refractivity contribution in [3.63, 3.8) is 0 Å². The van der Waals surface area contributed by atoms with Gasteiger partial charge in [0.1, 0.15) is 12.4 Å². The number of hydrogen-bond donors (Lipinski definition) is 2. The second-order valence-electron chi connectivity index (χ2n) is 6.62. The molecule has 28 heavy (non-hydrogen) atoms. The summed E-state index contributed by atoms with van der Waals surface area (Å²) in [6.07, 6.45) is 0. The quantitative estimate of drug-likeness (QED) is 0.682. The number of sulfonamides is 1. The zero-order valence-corrected chi connectivity index (χ0v) is 16.1. The molecule has 0 spiro atoms. The van der Waals surface area contributed by atoms with Crippen LogP contribution in [0.3, 0.4) is 0 Å². The van der Waals surface area contributed by atoms with Crippen molar-refractivity contribution in [1.82, 2.24) is 14.3 Å². The standard InChI is InChI=1S/C19H20N4O4S/c1-13(24)21-14-7-8-18-17(9-14)22-19-12-27-11-15(23(18)19)10-20-28(25,26)16-5-3-2-4-6-16/h2-9,15,20H,10-12H2,1H3,(H,21,24). The van der Waals surface area contributed by atoms with Gasteiger partial charge in [-0.25, -0.2) is 18.1 Å². The lowest BCUT2D eigenvalue weighted by molar-refractivity contribution is -0.114. The molecule has 2 heterocycles. The van der Waals surface area contributed by atoms with Crippen LogP contribution in [-0.4, -0.2) is 37.0 Å². The van der Waals surface area contributed by atoms with Gasteiger partial charge in [0.15, 0.2) is 0 Å². The Kier molecular flexibility index (Phi) is 4.88. The average Bonchev–Trinajstić information content (AvgIpc) is 3.05. The summed E-state index contributed by atoms with van der Waals surface area (Å²) >= 11 is 0. The number of nitrogens with zero attached hydrogens (tertiary/aromatic N) is 2. The van der Waals surface area contributed by atoms with Crippen molar-refractivity contribution in [2.24, 2.45) is 0 Å². The first kappa shape index (κ1) is 18.6. The van der Waals surface area contributed by atoms with E-state index in [9.17, 15) is 13.2 Å². The third-order valence-corrected chi connectivity index (χ3v) is 5.99. The summed E-state index contributed by atoms with van der Waals surface area (Å²) in [5.74, 6) is 0.574. The van der Waals surface area contributed by atoms with Crippen molar-refractivity contribution in [2.75, 3.05) is 18.5 Å². The molecule has 1 atom stereocenters. The Morgan fingerprint density at radius 2 is 2.04 bits per heavy atom. The number of hydrogen-bond acceptors (Lipinski definition) is 5. The average molecular weight is 400 g/mol. The van der Waals surface area contributed by atoms with Gasteiger partial charge in [-0.05, 0) is 30.3 Å². The molecule has 8 nitrogen and oxygen atoms in total. The number of rotatable bonds is 5. The highest BCUT2D eigenvalue weighted by Gasteiger charge is 2.26. The minimum absolute atomic E-state index is 0.153. The summed E-state index contributed by atoms with van der Waals surface area (Å²) in [7, 11) is -3.61. The summed E-state index contributed by atoms with van der Waals surface area (Å²) in [6.45, 7) is 2.36. The van der Waals surface area contributed by atoms with E-state index in [1.165, 1.54) is 6.92 Å². The maximum Gasteiger partial charge on any atom is 0.240 e. The Labute approximate surface area is 162 Å². The highest BCUT2D eigenvalue weighted by atomic mass is 32.2. The SMILES string of the molecule is CC(=O)Nc1ccc2c(c1)nc1n2C(CNS(=O)(=O)c2ccccc2)COC1. The van der Waals surface area contributed by atoms with Gasteiger partial charge in [-0.2, -0.15) is 0 Å². The Balaban J connectivity index is 1.60. The van der Waals surface area contributed by atoms with Gasteiger partial charge in [0.2, 0.25) is 15.9 Å². The van der Waals surface area contributed by atoms with Crippen LogP contribution in [0.25, 0.3) is 11.0 Å².